The Morgan fingerprint density at radius 3 is 1.12 bits per heavy atom. The molecule has 0 fully saturated rings. The topological polar surface area (TPSA) is 34.6 Å². The van der Waals surface area contributed by atoms with Gasteiger partial charge in [-0.2, -0.15) is 0 Å². The minimum Gasteiger partial charge on any atom is -0.306 e. The first-order chi connectivity index (χ1) is 29.8. The standard InChI is InChI=1S/C56H30N4/c1-3-13-31(14-4-1)33-25-27-37-43(29-33)44-30-34(32-15-5-2-6-16-32)26-28-38(44)50-49(37)57-51-47-41-21-11-19-39-35-17-7-9-23-45(35)59(53(39)41)55(47)56-48(52(51)58-50)42-22-12-20-40-36-18-8-10-24-46(36)60(56)54(40)42/h1-30H. The summed E-state index contributed by atoms with van der Waals surface area (Å²) in [5.41, 5.74) is 15.7. The SMILES string of the molecule is c1ccc(-c2ccc3c(c2)c2cc(-c4ccccc4)ccc2c2nc4c(nc32)c2c3cccc5c6ccccc6n(c53)c2c2c4c3cccc4c5ccccc5n2c43)cc1. The maximum atomic E-state index is 5.91. The minimum absolute atomic E-state index is 0.925. The highest BCUT2D eigenvalue weighted by molar-refractivity contribution is 6.40. The third kappa shape index (κ3) is 3.69. The van der Waals surface area contributed by atoms with Crippen LogP contribution in [0.15, 0.2) is 182 Å². The zero-order valence-corrected chi connectivity index (χ0v) is 32.1. The first-order valence-corrected chi connectivity index (χ1v) is 20.7. The van der Waals surface area contributed by atoms with Gasteiger partial charge in [0.25, 0.3) is 0 Å². The van der Waals surface area contributed by atoms with E-state index in [4.69, 9.17) is 9.97 Å². The van der Waals surface area contributed by atoms with E-state index >= 15 is 0 Å². The van der Waals surface area contributed by atoms with Gasteiger partial charge in [-0.3, -0.25) is 0 Å². The van der Waals surface area contributed by atoms with Gasteiger partial charge in [0.1, 0.15) is 11.0 Å². The summed E-state index contributed by atoms with van der Waals surface area (Å²) in [6.45, 7) is 0. The van der Waals surface area contributed by atoms with Gasteiger partial charge in [0.05, 0.1) is 44.1 Å². The molecule has 0 atom stereocenters. The Labute approximate surface area is 341 Å². The lowest BCUT2D eigenvalue weighted by molar-refractivity contribution is 1.33. The van der Waals surface area contributed by atoms with E-state index in [1.165, 1.54) is 98.4 Å². The Kier molecular flexibility index (Phi) is 5.63. The van der Waals surface area contributed by atoms with E-state index in [2.05, 4.69) is 191 Å². The van der Waals surface area contributed by atoms with Crippen LogP contribution in [0.4, 0.5) is 0 Å². The van der Waals surface area contributed by atoms with Crippen LogP contribution in [-0.4, -0.2) is 18.8 Å². The number of hydrogen-bond donors (Lipinski definition) is 0. The molecule has 0 aliphatic rings. The second-order valence-electron chi connectivity index (χ2n) is 16.4. The molecule has 15 rings (SSSR count). The average molecular weight is 759 g/mol. The van der Waals surface area contributed by atoms with E-state index < -0.39 is 0 Å². The van der Waals surface area contributed by atoms with Crippen LogP contribution >= 0.6 is 0 Å². The van der Waals surface area contributed by atoms with Crippen molar-refractivity contribution in [2.45, 2.75) is 0 Å². The summed E-state index contributed by atoms with van der Waals surface area (Å²) >= 11 is 0. The highest BCUT2D eigenvalue weighted by atomic mass is 15.0. The third-order valence-corrected chi connectivity index (χ3v) is 13.5. The van der Waals surface area contributed by atoms with Crippen LogP contribution in [0.5, 0.6) is 0 Å². The van der Waals surface area contributed by atoms with Gasteiger partial charge in [-0.1, -0.05) is 158 Å². The molecule has 0 saturated heterocycles. The first-order valence-electron chi connectivity index (χ1n) is 20.7. The van der Waals surface area contributed by atoms with E-state index in [9.17, 15) is 0 Å². The summed E-state index contributed by atoms with van der Waals surface area (Å²) < 4.78 is 5.06. The molecule has 0 aliphatic carbocycles. The van der Waals surface area contributed by atoms with Crippen molar-refractivity contribution in [1.29, 1.82) is 0 Å². The van der Waals surface area contributed by atoms with Gasteiger partial charge in [-0.15, -0.1) is 0 Å². The zero-order valence-electron chi connectivity index (χ0n) is 32.1. The van der Waals surface area contributed by atoms with Crippen molar-refractivity contribution in [3.63, 3.8) is 0 Å². The monoisotopic (exact) mass is 758 g/mol. The lowest BCUT2D eigenvalue weighted by Crippen LogP contribution is -1.95. The van der Waals surface area contributed by atoms with Crippen LogP contribution in [0.2, 0.25) is 0 Å². The van der Waals surface area contributed by atoms with Gasteiger partial charge in [0.15, 0.2) is 0 Å². The van der Waals surface area contributed by atoms with Gasteiger partial charge < -0.3 is 8.80 Å². The molecule has 0 radical (unpaired) electrons. The fraction of sp³-hybridized carbons (Fsp3) is 0. The largest absolute Gasteiger partial charge is 0.306 e. The Morgan fingerprint density at radius 2 is 0.650 bits per heavy atom. The van der Waals surface area contributed by atoms with E-state index in [0.717, 1.165) is 43.6 Å². The molecule has 15 aromatic rings. The molecule has 0 saturated carbocycles. The molecule has 0 N–H and O–H groups in total. The van der Waals surface area contributed by atoms with Crippen molar-refractivity contribution in [2.75, 3.05) is 0 Å². The summed E-state index contributed by atoms with van der Waals surface area (Å²) in [7, 11) is 0. The van der Waals surface area contributed by atoms with Crippen LogP contribution in [0.25, 0.3) is 142 Å². The molecule has 0 unspecified atom stereocenters. The number of benzene rings is 10. The molecule has 274 valence electrons. The van der Waals surface area contributed by atoms with E-state index in [-0.39, 0.29) is 0 Å². The Balaban J connectivity index is 1.22. The van der Waals surface area contributed by atoms with Gasteiger partial charge in [0.2, 0.25) is 0 Å². The quantitative estimate of drug-likeness (QED) is 0.130. The predicted molar refractivity (Wildman–Crippen MR) is 252 cm³/mol. The lowest BCUT2D eigenvalue weighted by Gasteiger charge is -2.14. The average Bonchev–Trinajstić information content (AvgIpc) is 4.06. The van der Waals surface area contributed by atoms with Crippen LogP contribution in [0, 0.1) is 0 Å². The van der Waals surface area contributed by atoms with E-state index in [1.54, 1.807) is 0 Å². The fourth-order valence-corrected chi connectivity index (χ4v) is 11.0. The summed E-state index contributed by atoms with van der Waals surface area (Å²) in [6, 6.07) is 66.4. The molecule has 4 heteroatoms. The molecule has 5 aromatic heterocycles. The molecule has 5 heterocycles. The molecule has 0 aliphatic heterocycles. The molecular weight excluding hydrogens is 729 g/mol. The van der Waals surface area contributed by atoms with Crippen molar-refractivity contribution < 1.29 is 0 Å². The number of hydrogen-bond acceptors (Lipinski definition) is 2. The fourth-order valence-electron chi connectivity index (χ4n) is 11.0. The summed E-state index contributed by atoms with van der Waals surface area (Å²) in [4.78, 5) is 11.8. The Hall–Kier alpha value is -8.08. The maximum absolute atomic E-state index is 5.91. The second-order valence-corrected chi connectivity index (χ2v) is 16.4. The summed E-state index contributed by atoms with van der Waals surface area (Å²) in [5.74, 6) is 0. The highest BCUT2D eigenvalue weighted by Crippen LogP contribution is 2.50. The number of para-hydroxylation sites is 4. The number of fused-ring (bicyclic) bond motifs is 22. The van der Waals surface area contributed by atoms with Gasteiger partial charge in [0, 0.05) is 53.9 Å². The molecule has 0 amide bonds. The summed E-state index contributed by atoms with van der Waals surface area (Å²) in [5, 5.41) is 14.3. The lowest BCUT2D eigenvalue weighted by atomic mass is 9.93. The Morgan fingerprint density at radius 1 is 0.250 bits per heavy atom. The number of nitrogens with zero attached hydrogens (tertiary/aromatic N) is 4. The molecule has 4 nitrogen and oxygen atoms in total. The Bertz CT molecular complexity index is 4050. The smallest absolute Gasteiger partial charge is 0.100 e. The number of aromatic nitrogens is 4. The maximum Gasteiger partial charge on any atom is 0.100 e. The number of rotatable bonds is 2. The molecular formula is C56H30N4. The van der Waals surface area contributed by atoms with E-state index in [1.807, 2.05) is 0 Å². The van der Waals surface area contributed by atoms with Crippen LogP contribution in [-0.2, 0) is 0 Å². The van der Waals surface area contributed by atoms with Crippen molar-refractivity contribution in [1.82, 2.24) is 18.8 Å². The van der Waals surface area contributed by atoms with Crippen LogP contribution < -0.4 is 0 Å². The molecule has 60 heavy (non-hydrogen) atoms. The zero-order chi connectivity index (χ0) is 38.8. The van der Waals surface area contributed by atoms with Gasteiger partial charge in [-0.05, 0) is 57.3 Å². The van der Waals surface area contributed by atoms with Gasteiger partial charge in [-0.25, -0.2) is 9.97 Å². The normalized spacial score (nSPS) is 12.7. The van der Waals surface area contributed by atoms with Crippen molar-refractivity contribution in [3.8, 4) is 22.3 Å². The van der Waals surface area contributed by atoms with Crippen LogP contribution in [0.1, 0.15) is 0 Å². The highest BCUT2D eigenvalue weighted by Gasteiger charge is 2.29. The molecule has 0 bridgehead atoms. The van der Waals surface area contributed by atoms with Crippen molar-refractivity contribution in [3.05, 3.63) is 182 Å². The molecule has 0 spiro atoms. The predicted octanol–water partition coefficient (Wildman–Crippen LogP) is 14.7. The summed E-state index contributed by atoms with van der Waals surface area (Å²) in [6.07, 6.45) is 0. The van der Waals surface area contributed by atoms with Crippen molar-refractivity contribution in [2.24, 2.45) is 0 Å². The van der Waals surface area contributed by atoms with Crippen LogP contribution in [0.3, 0.4) is 0 Å². The molecule has 10 aromatic carbocycles. The third-order valence-electron chi connectivity index (χ3n) is 13.5. The van der Waals surface area contributed by atoms with E-state index in [0.29, 0.717) is 0 Å². The van der Waals surface area contributed by atoms with Gasteiger partial charge >= 0.3 is 0 Å². The second kappa shape index (κ2) is 10.9. The van der Waals surface area contributed by atoms with Crippen molar-refractivity contribution >= 4 is 120 Å². The first kappa shape index (κ1) is 31.0. The minimum atomic E-state index is 0.925.